The van der Waals surface area contributed by atoms with Gasteiger partial charge in [0.2, 0.25) is 15.9 Å². The van der Waals surface area contributed by atoms with E-state index in [4.69, 9.17) is 4.74 Å². The maximum atomic E-state index is 12.9. The fourth-order valence-electron chi connectivity index (χ4n) is 3.25. The van der Waals surface area contributed by atoms with E-state index in [9.17, 15) is 13.2 Å². The van der Waals surface area contributed by atoms with Crippen LogP contribution in [0.1, 0.15) is 18.4 Å². The smallest absolute Gasteiger partial charge is 0.243 e. The molecule has 1 aliphatic rings. The van der Waals surface area contributed by atoms with Crippen molar-refractivity contribution in [3.63, 3.8) is 0 Å². The van der Waals surface area contributed by atoms with Crippen molar-refractivity contribution in [3.05, 3.63) is 58.6 Å². The number of sulfonamides is 1. The number of halogens is 1. The highest BCUT2D eigenvalue weighted by molar-refractivity contribution is 9.10. The Morgan fingerprint density at radius 2 is 2.00 bits per heavy atom. The maximum absolute atomic E-state index is 12.9. The number of nitrogens with one attached hydrogen (secondary N) is 1. The topological polar surface area (TPSA) is 75.7 Å². The quantitative estimate of drug-likeness (QED) is 0.708. The second kappa shape index (κ2) is 9.07. The van der Waals surface area contributed by atoms with Crippen LogP contribution in [0.3, 0.4) is 0 Å². The minimum atomic E-state index is -3.61. The molecule has 1 unspecified atom stereocenters. The van der Waals surface area contributed by atoms with E-state index < -0.39 is 10.0 Å². The summed E-state index contributed by atoms with van der Waals surface area (Å²) in [4.78, 5) is 12.9. The summed E-state index contributed by atoms with van der Waals surface area (Å²) >= 11 is 3.31. The number of piperidine rings is 1. The summed E-state index contributed by atoms with van der Waals surface area (Å²) in [6.07, 6.45) is 1.34. The van der Waals surface area contributed by atoms with Crippen molar-refractivity contribution < 1.29 is 17.9 Å². The molecule has 1 amide bonds. The molecule has 1 heterocycles. The lowest BCUT2D eigenvalue weighted by atomic mass is 9.99. The SMILES string of the molecule is COc1cccc(CNC(=O)C2CCCN(S(=O)(=O)c3ccc(Br)cc3)C2)c1. The molecule has 0 spiro atoms. The second-order valence-electron chi connectivity index (χ2n) is 6.73. The van der Waals surface area contributed by atoms with Gasteiger partial charge in [0.05, 0.1) is 17.9 Å². The molecule has 0 aromatic heterocycles. The molecule has 0 radical (unpaired) electrons. The van der Waals surface area contributed by atoms with Crippen molar-refractivity contribution >= 4 is 31.9 Å². The summed E-state index contributed by atoms with van der Waals surface area (Å²) < 4.78 is 33.2. The van der Waals surface area contributed by atoms with Crippen LogP contribution in [0.5, 0.6) is 5.75 Å². The first-order valence-corrected chi connectivity index (χ1v) is 11.3. The molecule has 3 rings (SSSR count). The number of carbonyl (C=O) groups excluding carboxylic acids is 1. The zero-order valence-electron chi connectivity index (χ0n) is 15.6. The van der Waals surface area contributed by atoms with Crippen molar-refractivity contribution in [3.8, 4) is 5.75 Å². The Hall–Kier alpha value is -1.90. The first kappa shape index (κ1) is 20.8. The van der Waals surface area contributed by atoms with Crippen LogP contribution in [0.2, 0.25) is 0 Å². The van der Waals surface area contributed by atoms with E-state index in [2.05, 4.69) is 21.2 Å². The zero-order chi connectivity index (χ0) is 20.1. The van der Waals surface area contributed by atoms with Gasteiger partial charge in [0.25, 0.3) is 0 Å². The van der Waals surface area contributed by atoms with Crippen LogP contribution in [-0.4, -0.2) is 38.8 Å². The third-order valence-corrected chi connectivity index (χ3v) is 7.22. The molecule has 150 valence electrons. The van der Waals surface area contributed by atoms with Crippen LogP contribution >= 0.6 is 15.9 Å². The van der Waals surface area contributed by atoms with Crippen molar-refractivity contribution in [2.45, 2.75) is 24.3 Å². The van der Waals surface area contributed by atoms with E-state index in [0.717, 1.165) is 15.8 Å². The summed E-state index contributed by atoms with van der Waals surface area (Å²) in [5.74, 6) is 0.249. The minimum Gasteiger partial charge on any atom is -0.497 e. The van der Waals surface area contributed by atoms with E-state index in [1.54, 1.807) is 31.4 Å². The van der Waals surface area contributed by atoms with E-state index in [-0.39, 0.29) is 23.3 Å². The van der Waals surface area contributed by atoms with Gasteiger partial charge in [-0.3, -0.25) is 4.79 Å². The number of hydrogen-bond donors (Lipinski definition) is 1. The molecule has 0 bridgehead atoms. The van der Waals surface area contributed by atoms with Crippen molar-refractivity contribution in [2.75, 3.05) is 20.2 Å². The van der Waals surface area contributed by atoms with Crippen molar-refractivity contribution in [1.82, 2.24) is 9.62 Å². The first-order chi connectivity index (χ1) is 13.4. The predicted molar refractivity (Wildman–Crippen MR) is 110 cm³/mol. The number of benzene rings is 2. The zero-order valence-corrected chi connectivity index (χ0v) is 18.0. The van der Waals surface area contributed by atoms with E-state index in [0.29, 0.717) is 25.9 Å². The second-order valence-corrected chi connectivity index (χ2v) is 9.58. The van der Waals surface area contributed by atoms with Gasteiger partial charge in [0, 0.05) is 24.1 Å². The molecule has 28 heavy (non-hydrogen) atoms. The highest BCUT2D eigenvalue weighted by Crippen LogP contribution is 2.25. The Balaban J connectivity index is 1.63. The number of ether oxygens (including phenoxy) is 1. The third-order valence-electron chi connectivity index (χ3n) is 4.81. The van der Waals surface area contributed by atoms with Crippen LogP contribution in [0.4, 0.5) is 0 Å². The van der Waals surface area contributed by atoms with Gasteiger partial charge in [-0.2, -0.15) is 4.31 Å². The average Bonchev–Trinajstić information content (AvgIpc) is 2.72. The standard InChI is InChI=1S/C20H23BrN2O4S/c1-27-18-6-2-4-15(12-18)13-22-20(24)16-5-3-11-23(14-16)28(25,26)19-9-7-17(21)8-10-19/h2,4,6-10,12,16H,3,5,11,13-14H2,1H3,(H,22,24). The molecule has 1 fully saturated rings. The minimum absolute atomic E-state index is 0.126. The van der Waals surface area contributed by atoms with Gasteiger partial charge in [-0.25, -0.2) is 8.42 Å². The Kier molecular flexibility index (Phi) is 6.74. The molecular formula is C20H23BrN2O4S. The molecule has 1 aliphatic heterocycles. The van der Waals surface area contributed by atoms with E-state index in [1.807, 2.05) is 24.3 Å². The van der Waals surface area contributed by atoms with Crippen LogP contribution < -0.4 is 10.1 Å². The molecule has 2 aromatic rings. The third kappa shape index (κ3) is 4.92. The lowest BCUT2D eigenvalue weighted by Crippen LogP contribution is -2.45. The summed E-state index contributed by atoms with van der Waals surface area (Å²) in [5, 5.41) is 2.92. The van der Waals surface area contributed by atoms with Crippen LogP contribution in [0.25, 0.3) is 0 Å². The Morgan fingerprint density at radius 3 is 2.71 bits per heavy atom. The van der Waals surface area contributed by atoms with Crippen molar-refractivity contribution in [1.29, 1.82) is 0 Å². The highest BCUT2D eigenvalue weighted by atomic mass is 79.9. The van der Waals surface area contributed by atoms with Crippen LogP contribution in [0, 0.1) is 5.92 Å². The lowest BCUT2D eigenvalue weighted by Gasteiger charge is -2.31. The normalized spacial score (nSPS) is 17.9. The van der Waals surface area contributed by atoms with Gasteiger partial charge in [-0.1, -0.05) is 28.1 Å². The number of amides is 1. The van der Waals surface area contributed by atoms with E-state index >= 15 is 0 Å². The fourth-order valence-corrected chi connectivity index (χ4v) is 5.03. The Morgan fingerprint density at radius 1 is 1.25 bits per heavy atom. The summed E-state index contributed by atoms with van der Waals surface area (Å²) in [6, 6.07) is 14.0. The van der Waals surface area contributed by atoms with Gasteiger partial charge >= 0.3 is 0 Å². The molecule has 1 atom stereocenters. The molecule has 1 N–H and O–H groups in total. The predicted octanol–water partition coefficient (Wildman–Crippen LogP) is 3.17. The number of hydrogen-bond acceptors (Lipinski definition) is 4. The van der Waals surface area contributed by atoms with Crippen LogP contribution in [0.15, 0.2) is 57.9 Å². The summed E-state index contributed by atoms with van der Waals surface area (Å²) in [7, 11) is -2.01. The fraction of sp³-hybridized carbons (Fsp3) is 0.350. The molecule has 0 aliphatic carbocycles. The number of nitrogens with zero attached hydrogens (tertiary/aromatic N) is 1. The molecule has 6 nitrogen and oxygen atoms in total. The number of rotatable bonds is 6. The lowest BCUT2D eigenvalue weighted by molar-refractivity contribution is -0.126. The Bertz CT molecular complexity index is 931. The molecule has 8 heteroatoms. The number of methoxy groups -OCH3 is 1. The average molecular weight is 467 g/mol. The summed E-state index contributed by atoms with van der Waals surface area (Å²) in [6.45, 7) is 1.01. The maximum Gasteiger partial charge on any atom is 0.243 e. The molecule has 1 saturated heterocycles. The molecule has 2 aromatic carbocycles. The van der Waals surface area contributed by atoms with Gasteiger partial charge in [0.15, 0.2) is 0 Å². The van der Waals surface area contributed by atoms with Crippen LogP contribution in [-0.2, 0) is 21.4 Å². The van der Waals surface area contributed by atoms with Gasteiger partial charge < -0.3 is 10.1 Å². The van der Waals surface area contributed by atoms with E-state index in [1.165, 1.54) is 4.31 Å². The monoisotopic (exact) mass is 466 g/mol. The molecular weight excluding hydrogens is 444 g/mol. The first-order valence-electron chi connectivity index (χ1n) is 9.06. The highest BCUT2D eigenvalue weighted by Gasteiger charge is 2.33. The van der Waals surface area contributed by atoms with Crippen molar-refractivity contribution in [2.24, 2.45) is 5.92 Å². The van der Waals surface area contributed by atoms with Gasteiger partial charge in [0.1, 0.15) is 5.75 Å². The number of carbonyl (C=O) groups is 1. The molecule has 0 saturated carbocycles. The summed E-state index contributed by atoms with van der Waals surface area (Å²) in [5.41, 5.74) is 0.933. The largest absolute Gasteiger partial charge is 0.497 e. The van der Waals surface area contributed by atoms with Gasteiger partial charge in [-0.05, 0) is 54.8 Å². The Labute approximate surface area is 174 Å². The van der Waals surface area contributed by atoms with Gasteiger partial charge in [-0.15, -0.1) is 0 Å².